The maximum absolute atomic E-state index is 4.50. The first-order valence-corrected chi connectivity index (χ1v) is 8.75. The lowest BCUT2D eigenvalue weighted by Gasteiger charge is -2.20. The zero-order valence-electron chi connectivity index (χ0n) is 13.1. The van der Waals surface area contributed by atoms with Gasteiger partial charge in [0.2, 0.25) is 0 Å². The van der Waals surface area contributed by atoms with Crippen molar-refractivity contribution in [2.45, 2.75) is 12.8 Å². The van der Waals surface area contributed by atoms with E-state index in [0.717, 1.165) is 29.5 Å². The Hall–Kier alpha value is -1.88. The van der Waals surface area contributed by atoms with Crippen LogP contribution in [0.1, 0.15) is 12.0 Å². The minimum absolute atomic E-state index is 0.692. The SMILES string of the molecule is Cn1cc(CC2CCN(c3ccnc4cc(Br)ccc34)C2)cn1. The normalized spacial score (nSPS) is 18.0. The highest BCUT2D eigenvalue weighted by atomic mass is 79.9. The number of aryl methyl sites for hydroxylation is 1. The second kappa shape index (κ2) is 5.96. The Morgan fingerprint density at radius 2 is 2.22 bits per heavy atom. The highest BCUT2D eigenvalue weighted by Gasteiger charge is 2.24. The summed E-state index contributed by atoms with van der Waals surface area (Å²) in [4.78, 5) is 6.99. The molecule has 0 amide bonds. The van der Waals surface area contributed by atoms with E-state index in [1.165, 1.54) is 23.1 Å². The van der Waals surface area contributed by atoms with E-state index in [4.69, 9.17) is 0 Å². The molecule has 0 saturated carbocycles. The van der Waals surface area contributed by atoms with Gasteiger partial charge in [0.05, 0.1) is 11.7 Å². The maximum Gasteiger partial charge on any atom is 0.0734 e. The molecule has 0 aliphatic carbocycles. The van der Waals surface area contributed by atoms with Crippen LogP contribution in [0.4, 0.5) is 5.69 Å². The number of pyridine rings is 1. The fraction of sp³-hybridized carbons (Fsp3) is 0.333. The van der Waals surface area contributed by atoms with Gasteiger partial charge in [0, 0.05) is 48.1 Å². The van der Waals surface area contributed by atoms with Gasteiger partial charge in [-0.05, 0) is 48.6 Å². The largest absolute Gasteiger partial charge is 0.371 e. The number of anilines is 1. The Bertz CT molecular complexity index is 842. The highest BCUT2D eigenvalue weighted by molar-refractivity contribution is 9.10. The Kier molecular flexibility index (Phi) is 3.81. The van der Waals surface area contributed by atoms with E-state index in [0.29, 0.717) is 5.92 Å². The minimum Gasteiger partial charge on any atom is -0.371 e. The van der Waals surface area contributed by atoms with Crippen LogP contribution in [0.5, 0.6) is 0 Å². The minimum atomic E-state index is 0.692. The molecule has 1 atom stereocenters. The summed E-state index contributed by atoms with van der Waals surface area (Å²) in [6.07, 6.45) is 8.37. The van der Waals surface area contributed by atoms with Crippen LogP contribution in [-0.2, 0) is 13.5 Å². The monoisotopic (exact) mass is 370 g/mol. The van der Waals surface area contributed by atoms with Gasteiger partial charge in [0.15, 0.2) is 0 Å². The molecule has 1 unspecified atom stereocenters. The zero-order chi connectivity index (χ0) is 15.8. The molecule has 1 saturated heterocycles. The number of rotatable bonds is 3. The number of nitrogens with zero attached hydrogens (tertiary/aromatic N) is 4. The lowest BCUT2D eigenvalue weighted by Crippen LogP contribution is -2.20. The van der Waals surface area contributed by atoms with Gasteiger partial charge in [-0.2, -0.15) is 5.10 Å². The van der Waals surface area contributed by atoms with E-state index in [1.54, 1.807) is 0 Å². The maximum atomic E-state index is 4.50. The second-order valence-electron chi connectivity index (χ2n) is 6.32. The van der Waals surface area contributed by atoms with E-state index >= 15 is 0 Å². The van der Waals surface area contributed by atoms with Gasteiger partial charge in [-0.15, -0.1) is 0 Å². The van der Waals surface area contributed by atoms with Crippen LogP contribution in [0.25, 0.3) is 10.9 Å². The van der Waals surface area contributed by atoms with E-state index in [9.17, 15) is 0 Å². The molecule has 0 spiro atoms. The van der Waals surface area contributed by atoms with Crippen molar-refractivity contribution in [2.24, 2.45) is 13.0 Å². The van der Waals surface area contributed by atoms with Crippen LogP contribution in [0.3, 0.4) is 0 Å². The summed E-state index contributed by atoms with van der Waals surface area (Å²) in [7, 11) is 1.98. The van der Waals surface area contributed by atoms with E-state index in [2.05, 4.69) is 61.4 Å². The lowest BCUT2D eigenvalue weighted by molar-refractivity contribution is 0.586. The molecule has 0 N–H and O–H groups in total. The van der Waals surface area contributed by atoms with E-state index in [1.807, 2.05) is 24.1 Å². The molecule has 5 heteroatoms. The third kappa shape index (κ3) is 2.98. The van der Waals surface area contributed by atoms with Crippen molar-refractivity contribution in [3.8, 4) is 0 Å². The fourth-order valence-corrected chi connectivity index (χ4v) is 3.86. The topological polar surface area (TPSA) is 34.0 Å². The van der Waals surface area contributed by atoms with Gasteiger partial charge >= 0.3 is 0 Å². The molecule has 2 aromatic heterocycles. The first-order valence-electron chi connectivity index (χ1n) is 7.96. The number of aromatic nitrogens is 3. The molecule has 0 bridgehead atoms. The first-order chi connectivity index (χ1) is 11.2. The quantitative estimate of drug-likeness (QED) is 0.702. The highest BCUT2D eigenvalue weighted by Crippen LogP contribution is 2.32. The van der Waals surface area contributed by atoms with Crippen LogP contribution >= 0.6 is 15.9 Å². The third-order valence-corrected chi connectivity index (χ3v) is 5.08. The fourth-order valence-electron chi connectivity index (χ4n) is 3.51. The van der Waals surface area contributed by atoms with Gasteiger partial charge in [-0.3, -0.25) is 9.67 Å². The molecule has 1 aliphatic rings. The molecule has 118 valence electrons. The van der Waals surface area contributed by atoms with E-state index < -0.39 is 0 Å². The molecule has 4 nitrogen and oxygen atoms in total. The van der Waals surface area contributed by atoms with Gasteiger partial charge in [-0.1, -0.05) is 15.9 Å². The van der Waals surface area contributed by atoms with Crippen LogP contribution in [0, 0.1) is 5.92 Å². The van der Waals surface area contributed by atoms with Crippen molar-refractivity contribution >= 4 is 32.5 Å². The molecule has 23 heavy (non-hydrogen) atoms. The van der Waals surface area contributed by atoms with Gasteiger partial charge in [0.25, 0.3) is 0 Å². The zero-order valence-corrected chi connectivity index (χ0v) is 14.7. The average Bonchev–Trinajstić information content (AvgIpc) is 3.16. The number of hydrogen-bond donors (Lipinski definition) is 0. The Labute approximate surface area is 144 Å². The Morgan fingerprint density at radius 3 is 3.04 bits per heavy atom. The van der Waals surface area contributed by atoms with Gasteiger partial charge < -0.3 is 4.90 Å². The summed E-state index contributed by atoms with van der Waals surface area (Å²) in [5, 5.41) is 5.51. The molecule has 0 radical (unpaired) electrons. The summed E-state index contributed by atoms with van der Waals surface area (Å²) >= 11 is 3.53. The summed E-state index contributed by atoms with van der Waals surface area (Å²) in [5.41, 5.74) is 3.69. The van der Waals surface area contributed by atoms with Crippen molar-refractivity contribution < 1.29 is 0 Å². The average molecular weight is 371 g/mol. The smallest absolute Gasteiger partial charge is 0.0734 e. The summed E-state index contributed by atoms with van der Waals surface area (Å²) < 4.78 is 2.96. The van der Waals surface area contributed by atoms with Crippen LogP contribution in [-0.4, -0.2) is 27.9 Å². The molecule has 4 rings (SSSR count). The molecule has 1 aromatic carbocycles. The van der Waals surface area contributed by atoms with Crippen molar-refractivity contribution in [3.63, 3.8) is 0 Å². The van der Waals surface area contributed by atoms with Gasteiger partial charge in [-0.25, -0.2) is 0 Å². The molecule has 1 aliphatic heterocycles. The Morgan fingerprint density at radius 1 is 1.30 bits per heavy atom. The summed E-state index contributed by atoms with van der Waals surface area (Å²) in [6, 6.07) is 8.48. The van der Waals surface area contributed by atoms with Crippen LogP contribution in [0.15, 0.2) is 47.3 Å². The predicted octanol–water partition coefficient (Wildman–Crippen LogP) is 3.80. The van der Waals surface area contributed by atoms with Crippen molar-refractivity contribution in [3.05, 3.63) is 52.9 Å². The van der Waals surface area contributed by atoms with Crippen molar-refractivity contribution in [1.29, 1.82) is 0 Å². The number of benzene rings is 1. The number of halogens is 1. The summed E-state index contributed by atoms with van der Waals surface area (Å²) in [6.45, 7) is 2.21. The van der Waals surface area contributed by atoms with Crippen molar-refractivity contribution in [2.75, 3.05) is 18.0 Å². The molecule has 3 aromatic rings. The second-order valence-corrected chi connectivity index (χ2v) is 7.23. The van der Waals surface area contributed by atoms with Crippen molar-refractivity contribution in [1.82, 2.24) is 14.8 Å². The predicted molar refractivity (Wildman–Crippen MR) is 96.7 cm³/mol. The van der Waals surface area contributed by atoms with Crippen LogP contribution < -0.4 is 4.90 Å². The molecular formula is C18H19BrN4. The van der Waals surface area contributed by atoms with E-state index in [-0.39, 0.29) is 0 Å². The summed E-state index contributed by atoms with van der Waals surface area (Å²) in [5.74, 6) is 0.692. The Balaban J connectivity index is 1.55. The number of hydrogen-bond acceptors (Lipinski definition) is 3. The standard InChI is InChI=1S/C18H19BrN4/c1-22-11-14(10-21-22)8-13-5-7-23(12-13)18-4-6-20-17-9-15(19)2-3-16(17)18/h2-4,6,9-11,13H,5,7-8,12H2,1H3. The lowest BCUT2D eigenvalue weighted by atomic mass is 10.0. The third-order valence-electron chi connectivity index (χ3n) is 4.59. The first kappa shape index (κ1) is 14.7. The number of fused-ring (bicyclic) bond motifs is 1. The van der Waals surface area contributed by atoms with Gasteiger partial charge in [0.1, 0.15) is 0 Å². The molecular weight excluding hydrogens is 352 g/mol. The molecule has 1 fully saturated rings. The van der Waals surface area contributed by atoms with Crippen LogP contribution in [0.2, 0.25) is 0 Å². The molecule has 3 heterocycles.